The van der Waals surface area contributed by atoms with Crippen molar-refractivity contribution < 1.29 is 53.8 Å². The SMILES string of the molecule is COCC1=CC[C-]=C1.[Cl-].[Cl-].[Zr+2]=[C](c1ccccc1)c1ccccc1.[c-]1cccc2c1Cc1ccccc1-2. The van der Waals surface area contributed by atoms with Crippen LogP contribution in [0.15, 0.2) is 121 Å². The third kappa shape index (κ3) is 8.87. The summed E-state index contributed by atoms with van der Waals surface area (Å²) in [5.41, 5.74) is 9.41. The maximum absolute atomic E-state index is 4.89. The van der Waals surface area contributed by atoms with Crippen molar-refractivity contribution in [2.75, 3.05) is 13.7 Å². The minimum Gasteiger partial charge on any atom is -0.179 e. The largest absolute Gasteiger partial charge is 0.179 e. The Kier molecular flexibility index (Phi) is 13.8. The Labute approximate surface area is 248 Å². The van der Waals surface area contributed by atoms with Gasteiger partial charge in [-0.15, -0.1) is 12.0 Å². The summed E-state index contributed by atoms with van der Waals surface area (Å²) < 4.78 is 6.30. The van der Waals surface area contributed by atoms with Gasteiger partial charge in [0.1, 0.15) is 0 Å². The number of ether oxygens (including phenoxy) is 1. The monoisotopic (exact) mass is 600 g/mol. The summed E-state index contributed by atoms with van der Waals surface area (Å²) in [4.78, 5) is 0. The van der Waals surface area contributed by atoms with E-state index in [1.54, 1.807) is 7.11 Å². The Morgan fingerprint density at radius 2 is 1.38 bits per heavy atom. The number of hydrogen-bond donors (Lipinski definition) is 0. The van der Waals surface area contributed by atoms with E-state index in [9.17, 15) is 0 Å². The normalized spacial score (nSPS) is 11.7. The summed E-state index contributed by atoms with van der Waals surface area (Å²) in [5.74, 6) is 0. The van der Waals surface area contributed by atoms with E-state index in [1.807, 2.05) is 12.1 Å². The second-order valence-corrected chi connectivity index (χ2v) is 9.50. The molecule has 4 aromatic rings. The standard InChI is InChI=1S/C13H9.C13H10.C7H9O.2ClH.Zr/c1-3-7-12-10(5-1)9-11-6-2-4-8-13(11)12;1-3-7-12(8-4-1)11-13-9-5-2-6-10-13;1-8-6-7-4-2-3-5-7;;;/h1-5,7-8H,9H2;1-10H;4-5H,2,6H2,1H3;2*1H;/q-1;;-1;;;+2/p-2. The van der Waals surface area contributed by atoms with Gasteiger partial charge in [0.15, 0.2) is 0 Å². The summed E-state index contributed by atoms with van der Waals surface area (Å²) in [5, 5.41) is 0. The molecule has 0 bridgehead atoms. The van der Waals surface area contributed by atoms with Crippen LogP contribution >= 0.6 is 0 Å². The molecule has 0 unspecified atom stereocenters. The second kappa shape index (κ2) is 16.5. The summed E-state index contributed by atoms with van der Waals surface area (Å²) in [7, 11) is 1.70. The maximum atomic E-state index is 4.89. The Hall–Kier alpha value is -2.35. The molecule has 4 aromatic carbocycles. The van der Waals surface area contributed by atoms with Crippen molar-refractivity contribution >= 4 is 3.21 Å². The fourth-order valence-corrected chi connectivity index (χ4v) is 4.90. The molecule has 0 atom stereocenters. The van der Waals surface area contributed by atoms with Crippen LogP contribution in [-0.2, 0) is 35.4 Å². The zero-order chi connectivity index (χ0) is 24.3. The Morgan fingerprint density at radius 3 is 1.97 bits per heavy atom. The Bertz CT molecular complexity index is 1230. The molecule has 0 fully saturated rings. The molecule has 0 heterocycles. The van der Waals surface area contributed by atoms with Gasteiger partial charge >= 0.3 is 99.2 Å². The van der Waals surface area contributed by atoms with E-state index in [0.29, 0.717) is 0 Å². The van der Waals surface area contributed by atoms with Gasteiger partial charge in [-0.3, -0.25) is 6.08 Å². The van der Waals surface area contributed by atoms with Crippen LogP contribution in [0, 0.1) is 12.1 Å². The van der Waals surface area contributed by atoms with Crippen molar-refractivity contribution in [3.63, 3.8) is 0 Å². The molecule has 0 aliphatic heterocycles. The zero-order valence-electron chi connectivity index (χ0n) is 20.8. The minimum atomic E-state index is 0. The third-order valence-corrected chi connectivity index (χ3v) is 7.24. The Morgan fingerprint density at radius 1 is 0.784 bits per heavy atom. The van der Waals surface area contributed by atoms with Crippen LogP contribution in [0.4, 0.5) is 0 Å². The van der Waals surface area contributed by atoms with Gasteiger partial charge in [0, 0.05) is 13.7 Å². The Balaban J connectivity index is 0.000000197. The first-order chi connectivity index (χ1) is 17.3. The fraction of sp³-hybridized carbons (Fsp3) is 0.121. The number of benzene rings is 4. The molecule has 6 rings (SSSR count). The van der Waals surface area contributed by atoms with Gasteiger partial charge in [-0.25, -0.2) is 6.08 Å². The molecule has 2 aliphatic carbocycles. The summed E-state index contributed by atoms with van der Waals surface area (Å²) in [6, 6.07) is 39.2. The number of hydrogen-bond acceptors (Lipinski definition) is 1. The molecular formula is C33H28Cl2OZr-2. The van der Waals surface area contributed by atoms with Crippen molar-refractivity contribution in [2.45, 2.75) is 12.8 Å². The van der Waals surface area contributed by atoms with Crippen molar-refractivity contribution in [2.24, 2.45) is 0 Å². The molecule has 2 aliphatic rings. The van der Waals surface area contributed by atoms with Gasteiger partial charge < -0.3 is 29.6 Å². The van der Waals surface area contributed by atoms with E-state index in [2.05, 4.69) is 115 Å². The summed E-state index contributed by atoms with van der Waals surface area (Å²) >= 11 is 1.46. The molecule has 0 amide bonds. The van der Waals surface area contributed by atoms with Gasteiger partial charge in [0.2, 0.25) is 0 Å². The number of allylic oxidation sites excluding steroid dienone is 2. The molecule has 0 radical (unpaired) electrons. The average Bonchev–Trinajstić information content (AvgIpc) is 3.58. The topological polar surface area (TPSA) is 9.23 Å². The molecule has 0 spiro atoms. The van der Waals surface area contributed by atoms with Crippen LogP contribution in [0.2, 0.25) is 0 Å². The molecular weight excluding hydrogens is 574 g/mol. The van der Waals surface area contributed by atoms with E-state index in [-0.39, 0.29) is 24.8 Å². The van der Waals surface area contributed by atoms with E-state index >= 15 is 0 Å². The third-order valence-electron chi connectivity index (χ3n) is 5.82. The summed E-state index contributed by atoms with van der Waals surface area (Å²) in [6.07, 6.45) is 9.15. The predicted octanol–water partition coefficient (Wildman–Crippen LogP) is 1.19. The van der Waals surface area contributed by atoms with Gasteiger partial charge in [0.05, 0.1) is 0 Å². The van der Waals surface area contributed by atoms with Crippen molar-refractivity contribution in [1.29, 1.82) is 0 Å². The van der Waals surface area contributed by atoms with Gasteiger partial charge in [-0.05, 0) is 6.42 Å². The number of rotatable bonds is 4. The first-order valence-corrected chi connectivity index (χ1v) is 13.0. The van der Waals surface area contributed by atoms with Crippen LogP contribution in [0.5, 0.6) is 0 Å². The molecule has 0 saturated carbocycles. The van der Waals surface area contributed by atoms with Crippen molar-refractivity contribution in [3.8, 4) is 11.1 Å². The fourth-order valence-electron chi connectivity index (χ4n) is 4.08. The zero-order valence-corrected chi connectivity index (χ0v) is 24.7. The van der Waals surface area contributed by atoms with Gasteiger partial charge in [-0.2, -0.15) is 41.5 Å². The quantitative estimate of drug-likeness (QED) is 0.281. The first-order valence-electron chi connectivity index (χ1n) is 11.8. The molecule has 1 nitrogen and oxygen atoms in total. The molecule has 37 heavy (non-hydrogen) atoms. The molecule has 0 saturated heterocycles. The minimum absolute atomic E-state index is 0. The van der Waals surface area contributed by atoms with E-state index in [1.165, 1.54) is 66.4 Å². The van der Waals surface area contributed by atoms with E-state index in [0.717, 1.165) is 19.4 Å². The van der Waals surface area contributed by atoms with Crippen LogP contribution in [0.1, 0.15) is 28.7 Å². The second-order valence-electron chi connectivity index (χ2n) is 8.27. The van der Waals surface area contributed by atoms with E-state index in [4.69, 9.17) is 4.74 Å². The van der Waals surface area contributed by atoms with E-state index < -0.39 is 0 Å². The maximum Gasteiger partial charge on any atom is -0.0253 e. The van der Waals surface area contributed by atoms with Gasteiger partial charge in [-0.1, -0.05) is 35.4 Å². The predicted molar refractivity (Wildman–Crippen MR) is 142 cm³/mol. The van der Waals surface area contributed by atoms with Gasteiger partial charge in [0.25, 0.3) is 0 Å². The number of fused-ring (bicyclic) bond motifs is 3. The molecule has 0 aromatic heterocycles. The molecule has 4 heteroatoms. The summed E-state index contributed by atoms with van der Waals surface area (Å²) in [6.45, 7) is 0.729. The van der Waals surface area contributed by atoms with Crippen LogP contribution in [0.3, 0.4) is 0 Å². The van der Waals surface area contributed by atoms with Crippen molar-refractivity contribution in [3.05, 3.63) is 155 Å². The van der Waals surface area contributed by atoms with Crippen LogP contribution in [0.25, 0.3) is 11.1 Å². The molecule has 0 N–H and O–H groups in total. The van der Waals surface area contributed by atoms with Crippen LogP contribution < -0.4 is 24.8 Å². The van der Waals surface area contributed by atoms with Crippen molar-refractivity contribution in [1.82, 2.24) is 0 Å². The average molecular weight is 603 g/mol. The molecule has 186 valence electrons. The van der Waals surface area contributed by atoms with Crippen LogP contribution in [-0.4, -0.2) is 16.9 Å². The smallest absolute Gasteiger partial charge is 0.0253 e. The number of methoxy groups -OCH3 is 1. The number of halogens is 2. The first kappa shape index (κ1) is 30.9.